The van der Waals surface area contributed by atoms with E-state index >= 15 is 0 Å². The van der Waals surface area contributed by atoms with Crippen LogP contribution in [0.3, 0.4) is 0 Å². The summed E-state index contributed by atoms with van der Waals surface area (Å²) in [7, 11) is 0. The Labute approximate surface area is 141 Å². The van der Waals surface area contributed by atoms with Crippen molar-refractivity contribution in [3.63, 3.8) is 0 Å². The quantitative estimate of drug-likeness (QED) is 0.793. The molecule has 0 aliphatic heterocycles. The summed E-state index contributed by atoms with van der Waals surface area (Å²) in [5.41, 5.74) is 1.06. The minimum Gasteiger partial charge on any atom is -0.453 e. The molecule has 6 heteroatoms. The molecule has 1 aromatic carbocycles. The highest BCUT2D eigenvalue weighted by molar-refractivity contribution is 5.94. The molecule has 2 aromatic rings. The zero-order chi connectivity index (χ0) is 17.5. The molecule has 0 saturated heterocycles. The van der Waals surface area contributed by atoms with Crippen LogP contribution in [0.15, 0.2) is 42.6 Å². The lowest BCUT2D eigenvalue weighted by molar-refractivity contribution is -0.153. The van der Waals surface area contributed by atoms with Crippen LogP contribution in [0.4, 0.5) is 5.82 Å². The first-order valence-electron chi connectivity index (χ1n) is 8.05. The number of rotatable bonds is 7. The van der Waals surface area contributed by atoms with Gasteiger partial charge in [0.15, 0.2) is 6.10 Å². The van der Waals surface area contributed by atoms with E-state index in [2.05, 4.69) is 10.4 Å². The van der Waals surface area contributed by atoms with Crippen LogP contribution in [0, 0.1) is 0 Å². The van der Waals surface area contributed by atoms with E-state index in [0.29, 0.717) is 12.2 Å². The summed E-state index contributed by atoms with van der Waals surface area (Å²) in [4.78, 5) is 24.1. The molecule has 0 unspecified atom stereocenters. The third kappa shape index (κ3) is 4.94. The van der Waals surface area contributed by atoms with Gasteiger partial charge in [0.1, 0.15) is 5.82 Å². The molecule has 0 aliphatic rings. The number of carbonyl (C=O) groups excluding carboxylic acids is 2. The molecule has 0 fully saturated rings. The van der Waals surface area contributed by atoms with Gasteiger partial charge in [0.2, 0.25) is 0 Å². The van der Waals surface area contributed by atoms with Crippen molar-refractivity contribution in [2.24, 2.45) is 0 Å². The normalized spacial score (nSPS) is 12.0. The molecule has 0 spiro atoms. The average molecular weight is 329 g/mol. The van der Waals surface area contributed by atoms with Gasteiger partial charge in [0.05, 0.1) is 6.20 Å². The number of nitrogens with one attached hydrogen (secondary N) is 1. The summed E-state index contributed by atoms with van der Waals surface area (Å²) < 4.78 is 6.90. The highest BCUT2D eigenvalue weighted by atomic mass is 16.5. The fourth-order valence-corrected chi connectivity index (χ4v) is 2.25. The molecule has 1 aromatic heterocycles. The fraction of sp³-hybridized carbons (Fsp3) is 0.389. The Morgan fingerprint density at radius 2 is 1.88 bits per heavy atom. The number of aryl methyl sites for hydroxylation is 1. The number of hydrogen-bond donors (Lipinski definition) is 1. The van der Waals surface area contributed by atoms with Crippen LogP contribution in [0.25, 0.3) is 0 Å². The summed E-state index contributed by atoms with van der Waals surface area (Å²) in [5.74, 6) is -0.175. The van der Waals surface area contributed by atoms with Gasteiger partial charge < -0.3 is 10.1 Å². The molecule has 0 bridgehead atoms. The van der Waals surface area contributed by atoms with Gasteiger partial charge in [-0.25, -0.2) is 4.68 Å². The van der Waals surface area contributed by atoms with Crippen molar-refractivity contribution in [3.8, 4) is 0 Å². The van der Waals surface area contributed by atoms with Gasteiger partial charge in [-0.1, -0.05) is 30.3 Å². The zero-order valence-electron chi connectivity index (χ0n) is 14.2. The zero-order valence-corrected chi connectivity index (χ0v) is 14.2. The average Bonchev–Trinajstić information content (AvgIpc) is 3.02. The van der Waals surface area contributed by atoms with Gasteiger partial charge in [-0.05, 0) is 32.8 Å². The van der Waals surface area contributed by atoms with E-state index < -0.39 is 6.10 Å². The Morgan fingerprint density at radius 1 is 1.17 bits per heavy atom. The topological polar surface area (TPSA) is 73.2 Å². The van der Waals surface area contributed by atoms with Gasteiger partial charge in [-0.15, -0.1) is 0 Å². The maximum atomic E-state index is 12.2. The van der Waals surface area contributed by atoms with Crippen LogP contribution in [0.5, 0.6) is 0 Å². The lowest BCUT2D eigenvalue weighted by Gasteiger charge is -2.15. The smallest absolute Gasteiger partial charge is 0.306 e. The van der Waals surface area contributed by atoms with Gasteiger partial charge in [-0.2, -0.15) is 5.10 Å². The SMILES string of the molecule is CC(C)n1nccc1NC(=O)[C@H](C)OC(=O)CCc1ccccc1. The lowest BCUT2D eigenvalue weighted by Crippen LogP contribution is -2.31. The number of nitrogens with zero attached hydrogens (tertiary/aromatic N) is 2. The molecule has 0 saturated carbocycles. The van der Waals surface area contributed by atoms with Crippen LogP contribution in [-0.2, 0) is 20.7 Å². The molecular formula is C18H23N3O3. The monoisotopic (exact) mass is 329 g/mol. The summed E-state index contributed by atoms with van der Waals surface area (Å²) in [6, 6.07) is 11.5. The van der Waals surface area contributed by atoms with Crippen LogP contribution < -0.4 is 5.32 Å². The third-order valence-electron chi connectivity index (χ3n) is 3.55. The Hall–Kier alpha value is -2.63. The standard InChI is InChI=1S/C18H23N3O3/c1-13(2)21-16(11-12-19-21)20-18(23)14(3)24-17(22)10-9-15-7-5-4-6-8-15/h4-8,11-14H,9-10H2,1-3H3,(H,20,23)/t14-/m0/s1. The molecule has 1 N–H and O–H groups in total. The highest BCUT2D eigenvalue weighted by Gasteiger charge is 2.19. The number of benzene rings is 1. The van der Waals surface area contributed by atoms with Crippen molar-refractivity contribution in [2.75, 3.05) is 5.32 Å². The number of anilines is 1. The lowest BCUT2D eigenvalue weighted by atomic mass is 10.1. The number of hydrogen-bond acceptors (Lipinski definition) is 4. The van der Waals surface area contributed by atoms with Gasteiger partial charge in [0.25, 0.3) is 5.91 Å². The maximum absolute atomic E-state index is 12.2. The number of esters is 1. The van der Waals surface area contributed by atoms with Crippen molar-refractivity contribution in [1.29, 1.82) is 0 Å². The molecule has 6 nitrogen and oxygen atoms in total. The Morgan fingerprint density at radius 3 is 2.54 bits per heavy atom. The first-order valence-corrected chi connectivity index (χ1v) is 8.05. The number of amides is 1. The second-order valence-corrected chi connectivity index (χ2v) is 5.86. The first kappa shape index (κ1) is 17.7. The van der Waals surface area contributed by atoms with E-state index in [4.69, 9.17) is 4.74 Å². The molecule has 24 heavy (non-hydrogen) atoms. The van der Waals surface area contributed by atoms with E-state index in [1.54, 1.807) is 23.9 Å². The van der Waals surface area contributed by atoms with Gasteiger partial charge in [-0.3, -0.25) is 9.59 Å². The minimum absolute atomic E-state index is 0.124. The van der Waals surface area contributed by atoms with Crippen molar-refractivity contribution < 1.29 is 14.3 Å². The summed E-state index contributed by atoms with van der Waals surface area (Å²) in [6.07, 6.45) is 1.59. The van der Waals surface area contributed by atoms with E-state index in [1.165, 1.54) is 0 Å². The predicted molar refractivity (Wildman–Crippen MR) is 91.6 cm³/mol. The van der Waals surface area contributed by atoms with E-state index in [0.717, 1.165) is 5.56 Å². The Bertz CT molecular complexity index is 680. The minimum atomic E-state index is -0.858. The summed E-state index contributed by atoms with van der Waals surface area (Å²) in [5, 5.41) is 6.88. The summed E-state index contributed by atoms with van der Waals surface area (Å²) >= 11 is 0. The number of aromatic nitrogens is 2. The van der Waals surface area contributed by atoms with Crippen molar-refractivity contribution in [1.82, 2.24) is 9.78 Å². The maximum Gasteiger partial charge on any atom is 0.306 e. The van der Waals surface area contributed by atoms with Crippen LogP contribution in [0.2, 0.25) is 0 Å². The van der Waals surface area contributed by atoms with Crippen molar-refractivity contribution in [3.05, 3.63) is 48.2 Å². The van der Waals surface area contributed by atoms with Gasteiger partial charge >= 0.3 is 5.97 Å². The summed E-state index contributed by atoms with van der Waals surface area (Å²) in [6.45, 7) is 5.50. The highest BCUT2D eigenvalue weighted by Crippen LogP contribution is 2.14. The molecule has 1 heterocycles. The van der Waals surface area contributed by atoms with Crippen LogP contribution in [-0.4, -0.2) is 27.8 Å². The first-order chi connectivity index (χ1) is 11.5. The second kappa shape index (κ2) is 8.29. The van der Waals surface area contributed by atoms with Crippen LogP contribution in [0.1, 0.15) is 38.8 Å². The van der Waals surface area contributed by atoms with Crippen molar-refractivity contribution >= 4 is 17.7 Å². The Balaban J connectivity index is 1.82. The molecule has 0 aliphatic carbocycles. The molecule has 1 atom stereocenters. The molecule has 128 valence electrons. The van der Waals surface area contributed by atoms with Gasteiger partial charge in [0, 0.05) is 18.5 Å². The molecular weight excluding hydrogens is 306 g/mol. The fourth-order valence-electron chi connectivity index (χ4n) is 2.25. The van der Waals surface area contributed by atoms with Crippen molar-refractivity contribution in [2.45, 2.75) is 45.8 Å². The molecule has 2 rings (SSSR count). The largest absolute Gasteiger partial charge is 0.453 e. The molecule has 0 radical (unpaired) electrons. The van der Waals surface area contributed by atoms with E-state index in [1.807, 2.05) is 44.2 Å². The third-order valence-corrected chi connectivity index (χ3v) is 3.55. The number of ether oxygens (including phenoxy) is 1. The predicted octanol–water partition coefficient (Wildman–Crippen LogP) is 2.97. The van der Waals surface area contributed by atoms with Crippen LogP contribution >= 0.6 is 0 Å². The second-order valence-electron chi connectivity index (χ2n) is 5.86. The number of carbonyl (C=O) groups is 2. The Kier molecular flexibility index (Phi) is 6.12. The van der Waals surface area contributed by atoms with E-state index in [9.17, 15) is 9.59 Å². The molecule has 1 amide bonds. The van der Waals surface area contributed by atoms with E-state index in [-0.39, 0.29) is 24.3 Å².